The SMILES string of the molecule is Fc1ccc(-c2nc3ccncc3[nH]2)c(F)c1F. The van der Waals surface area contributed by atoms with Gasteiger partial charge in [0.1, 0.15) is 5.82 Å². The van der Waals surface area contributed by atoms with Crippen LogP contribution < -0.4 is 0 Å². The molecule has 0 saturated carbocycles. The van der Waals surface area contributed by atoms with E-state index in [-0.39, 0.29) is 11.4 Å². The van der Waals surface area contributed by atoms with Gasteiger partial charge in [-0.1, -0.05) is 0 Å². The van der Waals surface area contributed by atoms with Crippen LogP contribution in [0.1, 0.15) is 0 Å². The highest BCUT2D eigenvalue weighted by Gasteiger charge is 2.17. The number of benzene rings is 1. The number of aromatic nitrogens is 3. The lowest BCUT2D eigenvalue weighted by Gasteiger charge is -2.00. The van der Waals surface area contributed by atoms with Crippen LogP contribution in [0.2, 0.25) is 0 Å². The Hall–Kier alpha value is -2.37. The summed E-state index contributed by atoms with van der Waals surface area (Å²) in [6, 6.07) is 3.63. The van der Waals surface area contributed by atoms with Gasteiger partial charge in [0.15, 0.2) is 17.5 Å². The molecule has 0 bridgehead atoms. The molecule has 0 unspecified atom stereocenters. The number of imidazole rings is 1. The first-order chi connectivity index (χ1) is 8.66. The highest BCUT2D eigenvalue weighted by atomic mass is 19.2. The zero-order valence-corrected chi connectivity index (χ0v) is 8.92. The second kappa shape index (κ2) is 3.83. The van der Waals surface area contributed by atoms with Gasteiger partial charge in [-0.15, -0.1) is 0 Å². The maximum absolute atomic E-state index is 13.6. The number of hydrogen-bond acceptors (Lipinski definition) is 2. The summed E-state index contributed by atoms with van der Waals surface area (Å²) >= 11 is 0. The van der Waals surface area contributed by atoms with Crippen LogP contribution in [0.5, 0.6) is 0 Å². The maximum atomic E-state index is 13.6. The van der Waals surface area contributed by atoms with Gasteiger partial charge in [-0.3, -0.25) is 4.98 Å². The van der Waals surface area contributed by atoms with Crippen LogP contribution in [0.4, 0.5) is 13.2 Å². The van der Waals surface area contributed by atoms with Crippen LogP contribution in [0.15, 0.2) is 30.6 Å². The van der Waals surface area contributed by atoms with Crippen LogP contribution in [0.25, 0.3) is 22.4 Å². The monoisotopic (exact) mass is 249 g/mol. The molecule has 0 saturated heterocycles. The average Bonchev–Trinajstić information content (AvgIpc) is 2.79. The number of nitrogens with zero attached hydrogens (tertiary/aromatic N) is 2. The Balaban J connectivity index is 2.23. The molecule has 0 aliphatic rings. The number of halogens is 3. The molecule has 18 heavy (non-hydrogen) atoms. The van der Waals surface area contributed by atoms with Gasteiger partial charge in [-0.2, -0.15) is 0 Å². The van der Waals surface area contributed by atoms with Gasteiger partial charge in [0.2, 0.25) is 0 Å². The van der Waals surface area contributed by atoms with Crippen molar-refractivity contribution in [1.29, 1.82) is 0 Å². The average molecular weight is 249 g/mol. The fraction of sp³-hybridized carbons (Fsp3) is 0. The Kier molecular flexibility index (Phi) is 2.29. The Morgan fingerprint density at radius 3 is 2.61 bits per heavy atom. The van der Waals surface area contributed by atoms with Crippen molar-refractivity contribution in [2.24, 2.45) is 0 Å². The molecular formula is C12H6F3N3. The van der Waals surface area contributed by atoms with Crippen molar-refractivity contribution < 1.29 is 13.2 Å². The molecular weight excluding hydrogens is 243 g/mol. The molecule has 2 aromatic heterocycles. The number of pyridine rings is 1. The smallest absolute Gasteiger partial charge is 0.195 e. The van der Waals surface area contributed by atoms with Gasteiger partial charge in [-0.25, -0.2) is 18.2 Å². The lowest BCUT2D eigenvalue weighted by atomic mass is 10.2. The Labute approximate surface area is 99.3 Å². The fourth-order valence-corrected chi connectivity index (χ4v) is 1.69. The Morgan fingerprint density at radius 1 is 1.00 bits per heavy atom. The molecule has 6 heteroatoms. The van der Waals surface area contributed by atoms with E-state index >= 15 is 0 Å². The molecule has 1 aromatic carbocycles. The van der Waals surface area contributed by atoms with E-state index in [0.717, 1.165) is 12.1 Å². The van der Waals surface area contributed by atoms with E-state index in [0.29, 0.717) is 11.0 Å². The minimum atomic E-state index is -1.51. The molecule has 3 rings (SSSR count). The second-order valence-electron chi connectivity index (χ2n) is 3.70. The standard InChI is InChI=1S/C12H6F3N3/c13-7-2-1-6(10(14)11(7)15)12-17-8-3-4-16-5-9(8)18-12/h1-5H,(H,17,18). The van der Waals surface area contributed by atoms with E-state index in [2.05, 4.69) is 15.0 Å². The molecule has 1 N–H and O–H groups in total. The van der Waals surface area contributed by atoms with Crippen LogP contribution in [-0.2, 0) is 0 Å². The van der Waals surface area contributed by atoms with Gasteiger partial charge in [0, 0.05) is 6.20 Å². The molecule has 0 aliphatic heterocycles. The number of rotatable bonds is 1. The first-order valence-corrected chi connectivity index (χ1v) is 5.10. The van der Waals surface area contributed by atoms with Gasteiger partial charge in [0.25, 0.3) is 0 Å². The van der Waals surface area contributed by atoms with E-state index in [1.807, 2.05) is 0 Å². The second-order valence-corrected chi connectivity index (χ2v) is 3.70. The van der Waals surface area contributed by atoms with Crippen LogP contribution in [0.3, 0.4) is 0 Å². The zero-order valence-electron chi connectivity index (χ0n) is 8.92. The van der Waals surface area contributed by atoms with Crippen molar-refractivity contribution in [1.82, 2.24) is 15.0 Å². The van der Waals surface area contributed by atoms with E-state index in [9.17, 15) is 13.2 Å². The lowest BCUT2D eigenvalue weighted by Crippen LogP contribution is -1.94. The highest BCUT2D eigenvalue weighted by Crippen LogP contribution is 2.25. The van der Waals surface area contributed by atoms with E-state index in [1.54, 1.807) is 6.07 Å². The van der Waals surface area contributed by atoms with E-state index in [4.69, 9.17) is 0 Å². The van der Waals surface area contributed by atoms with Gasteiger partial charge in [-0.05, 0) is 18.2 Å². The maximum Gasteiger partial charge on any atom is 0.195 e. The summed E-state index contributed by atoms with van der Waals surface area (Å²) < 4.78 is 39.5. The van der Waals surface area contributed by atoms with Crippen molar-refractivity contribution in [3.63, 3.8) is 0 Å². The van der Waals surface area contributed by atoms with Crippen molar-refractivity contribution in [2.75, 3.05) is 0 Å². The summed E-state index contributed by atoms with van der Waals surface area (Å²) in [4.78, 5) is 10.8. The molecule has 90 valence electrons. The quantitative estimate of drug-likeness (QED) is 0.673. The molecule has 0 aliphatic carbocycles. The van der Waals surface area contributed by atoms with Gasteiger partial charge in [0.05, 0.1) is 22.8 Å². The molecule has 3 aromatic rings. The summed E-state index contributed by atoms with van der Waals surface area (Å²) in [6.45, 7) is 0. The molecule has 2 heterocycles. The molecule has 0 atom stereocenters. The number of aromatic amines is 1. The predicted molar refractivity (Wildman–Crippen MR) is 59.2 cm³/mol. The van der Waals surface area contributed by atoms with E-state index in [1.165, 1.54) is 12.4 Å². The highest BCUT2D eigenvalue weighted by molar-refractivity contribution is 5.78. The summed E-state index contributed by atoms with van der Waals surface area (Å²) in [7, 11) is 0. The first-order valence-electron chi connectivity index (χ1n) is 5.10. The lowest BCUT2D eigenvalue weighted by molar-refractivity contribution is 0.448. The largest absolute Gasteiger partial charge is 0.337 e. The molecule has 0 radical (unpaired) electrons. The first kappa shape index (κ1) is 10.8. The van der Waals surface area contributed by atoms with Crippen molar-refractivity contribution in [2.45, 2.75) is 0 Å². The molecule has 0 spiro atoms. The minimum absolute atomic E-state index is 0.120. The topological polar surface area (TPSA) is 41.6 Å². The van der Waals surface area contributed by atoms with Crippen LogP contribution in [-0.4, -0.2) is 15.0 Å². The third-order valence-electron chi connectivity index (χ3n) is 2.57. The Bertz CT molecular complexity index is 704. The molecule has 3 nitrogen and oxygen atoms in total. The number of H-pyrrole nitrogens is 1. The summed E-state index contributed by atoms with van der Waals surface area (Å²) in [5.74, 6) is -3.86. The molecule has 0 amide bonds. The minimum Gasteiger partial charge on any atom is -0.337 e. The Morgan fingerprint density at radius 2 is 1.83 bits per heavy atom. The summed E-state index contributed by atoms with van der Waals surface area (Å²) in [5.41, 5.74) is 1.05. The van der Waals surface area contributed by atoms with Crippen molar-refractivity contribution in [3.8, 4) is 11.4 Å². The van der Waals surface area contributed by atoms with Gasteiger partial charge < -0.3 is 4.98 Å². The van der Waals surface area contributed by atoms with Crippen molar-refractivity contribution >= 4 is 11.0 Å². The predicted octanol–water partition coefficient (Wildman–Crippen LogP) is 3.04. The summed E-state index contributed by atoms with van der Waals surface area (Å²) in [6.07, 6.45) is 3.05. The van der Waals surface area contributed by atoms with E-state index < -0.39 is 17.5 Å². The molecule has 0 fully saturated rings. The van der Waals surface area contributed by atoms with Crippen LogP contribution >= 0.6 is 0 Å². The zero-order chi connectivity index (χ0) is 12.7. The van der Waals surface area contributed by atoms with Crippen molar-refractivity contribution in [3.05, 3.63) is 48.0 Å². The van der Waals surface area contributed by atoms with Crippen LogP contribution in [0, 0.1) is 17.5 Å². The fourth-order valence-electron chi connectivity index (χ4n) is 1.69. The third-order valence-corrected chi connectivity index (χ3v) is 2.57. The third kappa shape index (κ3) is 1.54. The number of nitrogens with one attached hydrogen (secondary N) is 1. The number of fused-ring (bicyclic) bond motifs is 1. The normalized spacial score (nSPS) is 11.1. The van der Waals surface area contributed by atoms with Gasteiger partial charge >= 0.3 is 0 Å². The summed E-state index contributed by atoms with van der Waals surface area (Å²) in [5, 5.41) is 0. The number of hydrogen-bond donors (Lipinski definition) is 1.